The molecule has 0 bridgehead atoms. The summed E-state index contributed by atoms with van der Waals surface area (Å²) in [4.78, 5) is 9.73. The first kappa shape index (κ1) is 20.1. The Morgan fingerprint density at radius 2 is 1.81 bits per heavy atom. The smallest absolute Gasteiger partial charge is 0.258 e. The van der Waals surface area contributed by atoms with Crippen LogP contribution in [0.4, 0.5) is 18.9 Å². The van der Waals surface area contributed by atoms with Gasteiger partial charge in [0.05, 0.1) is 20.4 Å². The number of nitrogens with zero attached hydrogens (tertiary/aromatic N) is 2. The zero-order valence-electron chi connectivity index (χ0n) is 13.2. The average Bonchev–Trinajstić information content (AvgIpc) is 2.54. The van der Waals surface area contributed by atoms with E-state index in [1.165, 1.54) is 24.3 Å². The van der Waals surface area contributed by atoms with E-state index in [0.29, 0.717) is 6.07 Å². The molecule has 0 aromatic heterocycles. The summed E-state index contributed by atoms with van der Waals surface area (Å²) in [5, 5.41) is 10.4. The SMILES string of the molecule is CN(Cc1ccccc1[N+](=O)[O-])S(=O)(=O)c1ccc(Cl)c(C(F)(F)F)c1. The zero-order valence-corrected chi connectivity index (χ0v) is 14.8. The highest BCUT2D eigenvalue weighted by Gasteiger charge is 2.35. The third-order valence-electron chi connectivity index (χ3n) is 3.53. The molecule has 0 spiro atoms. The van der Waals surface area contributed by atoms with Gasteiger partial charge in [-0.25, -0.2) is 8.42 Å². The molecule has 0 fully saturated rings. The molecule has 0 atom stereocenters. The maximum atomic E-state index is 12.9. The van der Waals surface area contributed by atoms with Crippen LogP contribution in [0.5, 0.6) is 0 Å². The van der Waals surface area contributed by atoms with Crippen molar-refractivity contribution in [2.24, 2.45) is 0 Å². The molecule has 2 aromatic carbocycles. The lowest BCUT2D eigenvalue weighted by molar-refractivity contribution is -0.385. The fraction of sp³-hybridized carbons (Fsp3) is 0.200. The highest BCUT2D eigenvalue weighted by atomic mass is 35.5. The topological polar surface area (TPSA) is 80.5 Å². The van der Waals surface area contributed by atoms with Crippen molar-refractivity contribution in [3.05, 3.63) is 68.7 Å². The second kappa shape index (κ2) is 7.22. The molecular weight excluding hydrogens is 397 g/mol. The summed E-state index contributed by atoms with van der Waals surface area (Å²) in [6, 6.07) is 7.72. The summed E-state index contributed by atoms with van der Waals surface area (Å²) in [5.41, 5.74) is -1.46. The number of alkyl halides is 3. The number of nitro benzene ring substituents is 1. The fourth-order valence-electron chi connectivity index (χ4n) is 2.21. The number of hydrogen-bond donors (Lipinski definition) is 0. The van der Waals surface area contributed by atoms with Gasteiger partial charge in [0.15, 0.2) is 0 Å². The van der Waals surface area contributed by atoms with Gasteiger partial charge < -0.3 is 0 Å². The fourth-order valence-corrected chi connectivity index (χ4v) is 3.61. The van der Waals surface area contributed by atoms with E-state index >= 15 is 0 Å². The van der Waals surface area contributed by atoms with E-state index in [2.05, 4.69) is 0 Å². The van der Waals surface area contributed by atoms with Gasteiger partial charge in [-0.05, 0) is 18.2 Å². The van der Waals surface area contributed by atoms with E-state index in [1.54, 1.807) is 0 Å². The van der Waals surface area contributed by atoms with Crippen LogP contribution in [0.3, 0.4) is 0 Å². The zero-order chi connectivity index (χ0) is 19.7. The van der Waals surface area contributed by atoms with Gasteiger partial charge in [-0.2, -0.15) is 17.5 Å². The van der Waals surface area contributed by atoms with Crippen molar-refractivity contribution < 1.29 is 26.5 Å². The van der Waals surface area contributed by atoms with Crippen molar-refractivity contribution in [1.82, 2.24) is 4.31 Å². The Labute approximate surface area is 152 Å². The van der Waals surface area contributed by atoms with Crippen LogP contribution in [0.1, 0.15) is 11.1 Å². The van der Waals surface area contributed by atoms with Crippen molar-refractivity contribution in [3.63, 3.8) is 0 Å². The number of halogens is 4. The van der Waals surface area contributed by atoms with Crippen LogP contribution in [0.25, 0.3) is 0 Å². The molecule has 0 radical (unpaired) electrons. The van der Waals surface area contributed by atoms with Crippen LogP contribution < -0.4 is 0 Å². The molecule has 6 nitrogen and oxygen atoms in total. The number of hydrogen-bond acceptors (Lipinski definition) is 4. The largest absolute Gasteiger partial charge is 0.417 e. The molecule has 0 N–H and O–H groups in total. The van der Waals surface area contributed by atoms with Gasteiger partial charge in [0, 0.05) is 25.2 Å². The first-order valence-electron chi connectivity index (χ1n) is 7.00. The Balaban J connectivity index is 2.41. The van der Waals surface area contributed by atoms with E-state index in [0.717, 1.165) is 23.5 Å². The molecule has 0 saturated carbocycles. The maximum absolute atomic E-state index is 12.9. The minimum atomic E-state index is -4.82. The van der Waals surface area contributed by atoms with Gasteiger partial charge in [0.1, 0.15) is 0 Å². The van der Waals surface area contributed by atoms with Gasteiger partial charge >= 0.3 is 6.18 Å². The molecular formula is C15H12ClF3N2O4S. The molecule has 0 aliphatic heterocycles. The van der Waals surface area contributed by atoms with E-state index in [1.807, 2.05) is 0 Å². The van der Waals surface area contributed by atoms with Gasteiger partial charge in [0.25, 0.3) is 5.69 Å². The predicted octanol–water partition coefficient (Wildman–Crippen LogP) is 4.09. The summed E-state index contributed by atoms with van der Waals surface area (Å²) in [7, 11) is -3.21. The average molecular weight is 409 g/mol. The highest BCUT2D eigenvalue weighted by Crippen LogP contribution is 2.36. The molecule has 0 amide bonds. The van der Waals surface area contributed by atoms with Crippen molar-refractivity contribution in [2.45, 2.75) is 17.6 Å². The molecule has 140 valence electrons. The molecule has 0 saturated heterocycles. The molecule has 2 rings (SSSR count). The number of benzene rings is 2. The van der Waals surface area contributed by atoms with Crippen LogP contribution in [-0.4, -0.2) is 24.7 Å². The molecule has 0 aliphatic rings. The Kier molecular flexibility index (Phi) is 5.59. The monoisotopic (exact) mass is 408 g/mol. The molecule has 0 unspecified atom stereocenters. The summed E-state index contributed by atoms with van der Waals surface area (Å²) in [6.45, 7) is -0.385. The molecule has 26 heavy (non-hydrogen) atoms. The summed E-state index contributed by atoms with van der Waals surface area (Å²) < 4.78 is 64.7. The molecule has 0 heterocycles. The van der Waals surface area contributed by atoms with Crippen LogP contribution >= 0.6 is 11.6 Å². The standard InChI is InChI=1S/C15H12ClF3N2O4S/c1-20(9-10-4-2-3-5-14(10)21(22)23)26(24,25)11-6-7-13(16)12(8-11)15(17,18)19/h2-8H,9H2,1H3. The Morgan fingerprint density at radius 1 is 1.19 bits per heavy atom. The van der Waals surface area contributed by atoms with Gasteiger partial charge in [0.2, 0.25) is 10.0 Å². The number of sulfonamides is 1. The molecule has 0 aliphatic carbocycles. The lowest BCUT2D eigenvalue weighted by atomic mass is 10.2. The first-order valence-corrected chi connectivity index (χ1v) is 8.82. The summed E-state index contributed by atoms with van der Waals surface area (Å²) >= 11 is 5.49. The predicted molar refractivity (Wildman–Crippen MR) is 88.2 cm³/mol. The van der Waals surface area contributed by atoms with E-state index in [-0.39, 0.29) is 17.8 Å². The summed E-state index contributed by atoms with van der Waals surface area (Å²) in [6.07, 6.45) is -4.82. The van der Waals surface area contributed by atoms with Crippen LogP contribution in [-0.2, 0) is 22.7 Å². The second-order valence-corrected chi connectivity index (χ2v) is 7.74. The van der Waals surface area contributed by atoms with E-state index in [9.17, 15) is 31.7 Å². The minimum absolute atomic E-state index is 0.105. The third kappa shape index (κ3) is 4.14. The quantitative estimate of drug-likeness (QED) is 0.551. The lowest BCUT2D eigenvalue weighted by Gasteiger charge is -2.18. The Bertz CT molecular complexity index is 948. The normalized spacial score (nSPS) is 12.4. The first-order chi connectivity index (χ1) is 11.9. The molecule has 11 heteroatoms. The summed E-state index contributed by atoms with van der Waals surface area (Å²) in [5.74, 6) is 0. The number of rotatable bonds is 5. The number of nitro groups is 1. The van der Waals surface area contributed by atoms with Crippen LogP contribution in [0.15, 0.2) is 47.4 Å². The highest BCUT2D eigenvalue weighted by molar-refractivity contribution is 7.89. The minimum Gasteiger partial charge on any atom is -0.258 e. The van der Waals surface area contributed by atoms with E-state index < -0.39 is 36.6 Å². The van der Waals surface area contributed by atoms with Gasteiger partial charge in [-0.15, -0.1) is 0 Å². The third-order valence-corrected chi connectivity index (χ3v) is 5.66. The van der Waals surface area contributed by atoms with Crippen molar-refractivity contribution >= 4 is 27.3 Å². The van der Waals surface area contributed by atoms with Crippen molar-refractivity contribution in [3.8, 4) is 0 Å². The second-order valence-electron chi connectivity index (χ2n) is 5.29. The molecule has 2 aromatic rings. The van der Waals surface area contributed by atoms with Crippen LogP contribution in [0.2, 0.25) is 5.02 Å². The van der Waals surface area contributed by atoms with Gasteiger partial charge in [-0.3, -0.25) is 10.1 Å². The number of para-hydroxylation sites is 1. The van der Waals surface area contributed by atoms with Crippen LogP contribution in [0, 0.1) is 10.1 Å². The van der Waals surface area contributed by atoms with Crippen molar-refractivity contribution in [2.75, 3.05) is 7.05 Å². The maximum Gasteiger partial charge on any atom is 0.417 e. The van der Waals surface area contributed by atoms with Gasteiger partial charge in [-0.1, -0.05) is 29.8 Å². The Hall–Kier alpha value is -2.17. The van der Waals surface area contributed by atoms with Crippen molar-refractivity contribution in [1.29, 1.82) is 0 Å². The van der Waals surface area contributed by atoms with E-state index in [4.69, 9.17) is 11.6 Å². The lowest BCUT2D eigenvalue weighted by Crippen LogP contribution is -2.27. The Morgan fingerprint density at radius 3 is 2.38 bits per heavy atom.